The predicted molar refractivity (Wildman–Crippen MR) is 116 cm³/mol. The van der Waals surface area contributed by atoms with E-state index in [0.29, 0.717) is 17.5 Å². The summed E-state index contributed by atoms with van der Waals surface area (Å²) < 4.78 is 5.42. The highest BCUT2D eigenvalue weighted by Gasteiger charge is 2.40. The van der Waals surface area contributed by atoms with Gasteiger partial charge in [0.1, 0.15) is 11.0 Å². The van der Waals surface area contributed by atoms with Gasteiger partial charge in [-0.3, -0.25) is 14.6 Å². The van der Waals surface area contributed by atoms with Crippen LogP contribution in [0.4, 0.5) is 11.4 Å². The number of nitrogens with one attached hydrogen (secondary N) is 1. The summed E-state index contributed by atoms with van der Waals surface area (Å²) in [5, 5.41) is 12.0. The van der Waals surface area contributed by atoms with Crippen LogP contribution in [0.25, 0.3) is 0 Å². The van der Waals surface area contributed by atoms with E-state index in [4.69, 9.17) is 9.84 Å². The highest BCUT2D eigenvalue weighted by molar-refractivity contribution is 8.15. The van der Waals surface area contributed by atoms with E-state index >= 15 is 0 Å². The number of ether oxygens (including phenoxy) is 1. The maximum Gasteiger partial charge on any atom is 0.335 e. The molecule has 156 valence electrons. The topological polar surface area (TPSA) is 108 Å². The first-order valence-electron chi connectivity index (χ1n) is 9.26. The predicted octanol–water partition coefficient (Wildman–Crippen LogP) is 3.25. The van der Waals surface area contributed by atoms with Crippen LogP contribution in [0.3, 0.4) is 0 Å². The number of amidine groups is 1. The van der Waals surface area contributed by atoms with Gasteiger partial charge < -0.3 is 15.2 Å². The van der Waals surface area contributed by atoms with Crippen LogP contribution in [-0.2, 0) is 9.59 Å². The van der Waals surface area contributed by atoms with Gasteiger partial charge >= 0.3 is 5.97 Å². The number of aliphatic imine (C=N–C) groups is 1. The number of rotatable bonds is 6. The molecule has 2 aromatic rings. The molecule has 1 heterocycles. The number of amides is 2. The second-order valence-electron chi connectivity index (χ2n) is 6.34. The van der Waals surface area contributed by atoms with E-state index in [-0.39, 0.29) is 23.8 Å². The standard InChI is InChI=1S/C21H21N3O5S/c1-3-29-16-10-6-14(7-11-16)23-21(22-2)30-17-12-18(25)24(19(17)26)15-8-4-13(5-9-15)20(27)28/h4-11,17H,3,12H2,1-2H3,(H,22,23)(H,27,28)/t17-/m1/s1. The van der Waals surface area contributed by atoms with Crippen molar-refractivity contribution in [2.24, 2.45) is 4.99 Å². The Balaban J connectivity index is 1.67. The molecule has 1 fully saturated rings. The number of hydrogen-bond donors (Lipinski definition) is 2. The number of carbonyl (C=O) groups is 3. The van der Waals surface area contributed by atoms with E-state index in [0.717, 1.165) is 16.3 Å². The second kappa shape index (κ2) is 9.45. The molecule has 2 N–H and O–H groups in total. The summed E-state index contributed by atoms with van der Waals surface area (Å²) in [5.41, 5.74) is 1.22. The summed E-state index contributed by atoms with van der Waals surface area (Å²) in [6, 6.07) is 13.0. The highest BCUT2D eigenvalue weighted by Crippen LogP contribution is 2.31. The van der Waals surface area contributed by atoms with Crippen molar-refractivity contribution >= 4 is 46.1 Å². The number of nitrogens with zero attached hydrogens (tertiary/aromatic N) is 2. The number of benzene rings is 2. The van der Waals surface area contributed by atoms with Gasteiger partial charge in [0, 0.05) is 19.2 Å². The first-order chi connectivity index (χ1) is 14.4. The molecule has 0 saturated carbocycles. The summed E-state index contributed by atoms with van der Waals surface area (Å²) in [6.45, 7) is 2.49. The van der Waals surface area contributed by atoms with Gasteiger partial charge in [-0.15, -0.1) is 0 Å². The number of aromatic carboxylic acids is 1. The number of carboxylic acids is 1. The third kappa shape index (κ3) is 4.80. The van der Waals surface area contributed by atoms with Crippen LogP contribution >= 0.6 is 11.8 Å². The zero-order chi connectivity index (χ0) is 21.7. The third-order valence-electron chi connectivity index (χ3n) is 4.35. The Morgan fingerprint density at radius 2 is 1.87 bits per heavy atom. The molecule has 0 bridgehead atoms. The molecule has 1 atom stereocenters. The third-order valence-corrected chi connectivity index (χ3v) is 5.51. The molecule has 0 aliphatic carbocycles. The quantitative estimate of drug-likeness (QED) is 0.414. The number of thioether (sulfide) groups is 1. The molecule has 0 radical (unpaired) electrons. The van der Waals surface area contributed by atoms with Gasteiger partial charge in [-0.05, 0) is 55.5 Å². The SMILES string of the molecule is CCOc1ccc(NC(=NC)S[C@@H]2CC(=O)N(c3ccc(C(=O)O)cc3)C2=O)cc1. The van der Waals surface area contributed by atoms with Crippen molar-refractivity contribution in [3.8, 4) is 5.75 Å². The zero-order valence-corrected chi connectivity index (χ0v) is 17.3. The van der Waals surface area contributed by atoms with Gasteiger partial charge in [0.25, 0.3) is 0 Å². The second-order valence-corrected chi connectivity index (χ2v) is 7.53. The van der Waals surface area contributed by atoms with Crippen LogP contribution in [-0.4, -0.2) is 47.0 Å². The summed E-state index contributed by atoms with van der Waals surface area (Å²) >= 11 is 1.18. The molecule has 30 heavy (non-hydrogen) atoms. The molecule has 2 aromatic carbocycles. The average molecular weight is 427 g/mol. The van der Waals surface area contributed by atoms with Gasteiger partial charge in [0.05, 0.1) is 17.9 Å². The Morgan fingerprint density at radius 3 is 2.43 bits per heavy atom. The molecule has 0 spiro atoms. The van der Waals surface area contributed by atoms with E-state index in [9.17, 15) is 14.4 Å². The van der Waals surface area contributed by atoms with Crippen molar-refractivity contribution in [3.63, 3.8) is 0 Å². The van der Waals surface area contributed by atoms with Gasteiger partial charge in [-0.25, -0.2) is 9.69 Å². The van der Waals surface area contributed by atoms with Crippen LogP contribution in [0.1, 0.15) is 23.7 Å². The number of hydrogen-bond acceptors (Lipinski definition) is 6. The molecular weight excluding hydrogens is 406 g/mol. The fraction of sp³-hybridized carbons (Fsp3) is 0.238. The molecular formula is C21H21N3O5S. The first kappa shape index (κ1) is 21.4. The lowest BCUT2D eigenvalue weighted by molar-refractivity contribution is -0.121. The molecule has 1 saturated heterocycles. The molecule has 1 aliphatic heterocycles. The molecule has 8 nitrogen and oxygen atoms in total. The number of imide groups is 1. The smallest absolute Gasteiger partial charge is 0.335 e. The van der Waals surface area contributed by atoms with Crippen molar-refractivity contribution in [2.45, 2.75) is 18.6 Å². The van der Waals surface area contributed by atoms with E-state index in [2.05, 4.69) is 10.3 Å². The van der Waals surface area contributed by atoms with Crippen molar-refractivity contribution in [1.82, 2.24) is 0 Å². The number of anilines is 2. The van der Waals surface area contributed by atoms with Crippen LogP contribution < -0.4 is 15.0 Å². The van der Waals surface area contributed by atoms with E-state index in [1.807, 2.05) is 31.2 Å². The molecule has 0 unspecified atom stereocenters. The highest BCUT2D eigenvalue weighted by atomic mass is 32.2. The monoisotopic (exact) mass is 427 g/mol. The Morgan fingerprint density at radius 1 is 1.20 bits per heavy atom. The largest absolute Gasteiger partial charge is 0.494 e. The summed E-state index contributed by atoms with van der Waals surface area (Å²) in [5.74, 6) is -1.01. The summed E-state index contributed by atoms with van der Waals surface area (Å²) in [6.07, 6.45) is 0.0359. The minimum absolute atomic E-state index is 0.0359. The van der Waals surface area contributed by atoms with E-state index in [1.165, 1.54) is 36.0 Å². The Labute approximate surface area is 177 Å². The fourth-order valence-electron chi connectivity index (χ4n) is 2.92. The fourth-order valence-corrected chi connectivity index (χ4v) is 3.90. The van der Waals surface area contributed by atoms with Crippen LogP contribution in [0.2, 0.25) is 0 Å². The Bertz CT molecular complexity index is 973. The zero-order valence-electron chi connectivity index (χ0n) is 16.5. The Hall–Kier alpha value is -3.33. The Kier molecular flexibility index (Phi) is 6.73. The summed E-state index contributed by atoms with van der Waals surface area (Å²) in [7, 11) is 1.60. The van der Waals surface area contributed by atoms with Crippen LogP contribution in [0.5, 0.6) is 5.75 Å². The maximum absolute atomic E-state index is 12.8. The first-order valence-corrected chi connectivity index (χ1v) is 10.1. The van der Waals surface area contributed by atoms with Gasteiger partial charge in [-0.1, -0.05) is 11.8 Å². The number of carboxylic acid groups (broad SMARTS) is 1. The van der Waals surface area contributed by atoms with Gasteiger partial charge in [0.15, 0.2) is 5.17 Å². The molecule has 9 heteroatoms. The van der Waals surface area contributed by atoms with Gasteiger partial charge in [-0.2, -0.15) is 0 Å². The minimum Gasteiger partial charge on any atom is -0.494 e. The van der Waals surface area contributed by atoms with Crippen molar-refractivity contribution in [3.05, 3.63) is 54.1 Å². The van der Waals surface area contributed by atoms with E-state index in [1.54, 1.807) is 7.05 Å². The van der Waals surface area contributed by atoms with Crippen LogP contribution in [0.15, 0.2) is 53.5 Å². The van der Waals surface area contributed by atoms with Crippen molar-refractivity contribution in [2.75, 3.05) is 23.9 Å². The molecule has 1 aliphatic rings. The van der Waals surface area contributed by atoms with Crippen LogP contribution in [0, 0.1) is 0 Å². The average Bonchev–Trinajstić information content (AvgIpc) is 3.02. The molecule has 0 aromatic heterocycles. The molecule has 3 rings (SSSR count). The lowest BCUT2D eigenvalue weighted by Gasteiger charge is -2.16. The molecule has 2 amide bonds. The maximum atomic E-state index is 12.8. The number of carbonyl (C=O) groups excluding carboxylic acids is 2. The van der Waals surface area contributed by atoms with Crippen molar-refractivity contribution < 1.29 is 24.2 Å². The lowest BCUT2D eigenvalue weighted by Crippen LogP contribution is -2.31. The lowest BCUT2D eigenvalue weighted by atomic mass is 10.2. The van der Waals surface area contributed by atoms with Gasteiger partial charge in [0.2, 0.25) is 11.8 Å². The van der Waals surface area contributed by atoms with E-state index < -0.39 is 11.2 Å². The minimum atomic E-state index is -1.07. The summed E-state index contributed by atoms with van der Waals surface area (Å²) in [4.78, 5) is 41.5. The normalized spacial score (nSPS) is 16.7. The van der Waals surface area contributed by atoms with Crippen molar-refractivity contribution in [1.29, 1.82) is 0 Å².